The summed E-state index contributed by atoms with van der Waals surface area (Å²) in [6.07, 6.45) is 1.45. The SMILES string of the molecule is COc1cc(/C=C(\C#N)C(=O)Nc2cccc(Cl)c2)c(Br)cc1OCc1ccc(Cl)c(Cl)c1. The van der Waals surface area contributed by atoms with Gasteiger partial charge in [-0.25, -0.2) is 0 Å². The lowest BCUT2D eigenvalue weighted by molar-refractivity contribution is -0.112. The van der Waals surface area contributed by atoms with Crippen molar-refractivity contribution < 1.29 is 14.3 Å². The summed E-state index contributed by atoms with van der Waals surface area (Å²) < 4.78 is 11.9. The van der Waals surface area contributed by atoms with Gasteiger partial charge in [-0.2, -0.15) is 5.26 Å². The zero-order valence-electron chi connectivity index (χ0n) is 17.2. The molecular weight excluding hydrogens is 551 g/mol. The van der Waals surface area contributed by atoms with E-state index in [1.165, 1.54) is 13.2 Å². The van der Waals surface area contributed by atoms with Gasteiger partial charge in [-0.05, 0) is 59.7 Å². The number of rotatable bonds is 7. The number of hydrogen-bond acceptors (Lipinski definition) is 4. The molecule has 0 bridgehead atoms. The van der Waals surface area contributed by atoms with E-state index in [9.17, 15) is 10.1 Å². The molecule has 3 aromatic rings. The fraction of sp³-hybridized carbons (Fsp3) is 0.0833. The molecule has 0 radical (unpaired) electrons. The van der Waals surface area contributed by atoms with Crippen LogP contribution in [0.1, 0.15) is 11.1 Å². The van der Waals surface area contributed by atoms with E-state index < -0.39 is 5.91 Å². The van der Waals surface area contributed by atoms with Crippen LogP contribution in [0.2, 0.25) is 15.1 Å². The Morgan fingerprint density at radius 3 is 2.55 bits per heavy atom. The summed E-state index contributed by atoms with van der Waals surface area (Å²) in [6.45, 7) is 0.236. The summed E-state index contributed by atoms with van der Waals surface area (Å²) in [4.78, 5) is 12.6. The maximum absolute atomic E-state index is 12.6. The Bertz CT molecular complexity index is 1270. The number of carbonyl (C=O) groups is 1. The molecule has 3 rings (SSSR count). The quantitative estimate of drug-likeness (QED) is 0.237. The van der Waals surface area contributed by atoms with Crippen LogP contribution in [0, 0.1) is 11.3 Å². The lowest BCUT2D eigenvalue weighted by Gasteiger charge is -2.13. The van der Waals surface area contributed by atoms with Gasteiger partial charge in [0.15, 0.2) is 11.5 Å². The van der Waals surface area contributed by atoms with E-state index in [1.807, 2.05) is 12.1 Å². The Balaban J connectivity index is 1.82. The number of nitriles is 1. The van der Waals surface area contributed by atoms with Crippen LogP contribution in [0.5, 0.6) is 11.5 Å². The van der Waals surface area contributed by atoms with Crippen LogP contribution in [0.15, 0.2) is 64.6 Å². The van der Waals surface area contributed by atoms with E-state index >= 15 is 0 Å². The van der Waals surface area contributed by atoms with Crippen LogP contribution < -0.4 is 14.8 Å². The second-order valence-corrected chi connectivity index (χ2v) is 8.80. The minimum Gasteiger partial charge on any atom is -0.493 e. The van der Waals surface area contributed by atoms with Crippen molar-refractivity contribution in [2.75, 3.05) is 12.4 Å². The van der Waals surface area contributed by atoms with Gasteiger partial charge in [0, 0.05) is 15.2 Å². The Labute approximate surface area is 214 Å². The van der Waals surface area contributed by atoms with Gasteiger partial charge in [-0.3, -0.25) is 4.79 Å². The van der Waals surface area contributed by atoms with Gasteiger partial charge in [0.25, 0.3) is 5.91 Å². The zero-order chi connectivity index (χ0) is 24.0. The molecule has 0 aromatic heterocycles. The summed E-state index contributed by atoms with van der Waals surface area (Å²) in [5.41, 5.74) is 1.78. The fourth-order valence-electron chi connectivity index (χ4n) is 2.79. The normalized spacial score (nSPS) is 11.0. The van der Waals surface area contributed by atoms with E-state index in [0.717, 1.165) is 5.56 Å². The topological polar surface area (TPSA) is 71.3 Å². The third-order valence-corrected chi connectivity index (χ3v) is 6.07. The molecule has 0 saturated heterocycles. The molecule has 0 spiro atoms. The van der Waals surface area contributed by atoms with E-state index in [1.54, 1.807) is 48.5 Å². The predicted molar refractivity (Wildman–Crippen MR) is 135 cm³/mol. The maximum atomic E-state index is 12.6. The van der Waals surface area contributed by atoms with Gasteiger partial charge in [-0.1, -0.05) is 62.9 Å². The summed E-state index contributed by atoms with van der Waals surface area (Å²) >= 11 is 21.4. The van der Waals surface area contributed by atoms with Gasteiger partial charge < -0.3 is 14.8 Å². The smallest absolute Gasteiger partial charge is 0.266 e. The fourth-order valence-corrected chi connectivity index (χ4v) is 3.74. The molecule has 1 N–H and O–H groups in total. The van der Waals surface area contributed by atoms with Crippen molar-refractivity contribution in [2.24, 2.45) is 0 Å². The first-order valence-corrected chi connectivity index (χ1v) is 11.4. The van der Waals surface area contributed by atoms with Crippen molar-refractivity contribution in [3.05, 3.63) is 90.8 Å². The van der Waals surface area contributed by atoms with Crippen molar-refractivity contribution in [3.8, 4) is 17.6 Å². The Kier molecular flexibility index (Phi) is 8.65. The molecule has 0 fully saturated rings. The largest absolute Gasteiger partial charge is 0.493 e. The zero-order valence-corrected chi connectivity index (χ0v) is 21.0. The number of ether oxygens (including phenoxy) is 2. The molecule has 5 nitrogen and oxygen atoms in total. The summed E-state index contributed by atoms with van der Waals surface area (Å²) in [7, 11) is 1.50. The van der Waals surface area contributed by atoms with Gasteiger partial charge >= 0.3 is 0 Å². The van der Waals surface area contributed by atoms with Crippen molar-refractivity contribution >= 4 is 68.4 Å². The van der Waals surface area contributed by atoms with E-state index in [2.05, 4.69) is 21.2 Å². The highest BCUT2D eigenvalue weighted by Gasteiger charge is 2.14. The van der Waals surface area contributed by atoms with Crippen molar-refractivity contribution in [3.63, 3.8) is 0 Å². The number of nitrogens with zero attached hydrogens (tertiary/aromatic N) is 1. The lowest BCUT2D eigenvalue weighted by Crippen LogP contribution is -2.13. The number of nitrogens with one attached hydrogen (secondary N) is 1. The average molecular weight is 567 g/mol. The van der Waals surface area contributed by atoms with E-state index in [0.29, 0.717) is 42.3 Å². The molecule has 3 aromatic carbocycles. The molecule has 0 aliphatic heterocycles. The third-order valence-electron chi connectivity index (χ3n) is 4.41. The molecule has 0 heterocycles. The van der Waals surface area contributed by atoms with Gasteiger partial charge in [-0.15, -0.1) is 0 Å². The molecule has 33 heavy (non-hydrogen) atoms. The number of benzene rings is 3. The lowest BCUT2D eigenvalue weighted by atomic mass is 10.1. The first-order valence-electron chi connectivity index (χ1n) is 9.43. The van der Waals surface area contributed by atoms with Crippen LogP contribution >= 0.6 is 50.7 Å². The van der Waals surface area contributed by atoms with Gasteiger partial charge in [0.1, 0.15) is 18.2 Å². The van der Waals surface area contributed by atoms with Gasteiger partial charge in [0.2, 0.25) is 0 Å². The Hall–Kier alpha value is -2.69. The van der Waals surface area contributed by atoms with Crippen molar-refractivity contribution in [1.82, 2.24) is 0 Å². The van der Waals surface area contributed by atoms with Crippen LogP contribution in [-0.2, 0) is 11.4 Å². The molecule has 9 heteroatoms. The number of hydrogen-bond donors (Lipinski definition) is 1. The molecule has 0 aliphatic rings. The highest BCUT2D eigenvalue weighted by molar-refractivity contribution is 9.10. The van der Waals surface area contributed by atoms with Crippen LogP contribution in [0.4, 0.5) is 5.69 Å². The first kappa shape index (κ1) is 24.9. The highest BCUT2D eigenvalue weighted by Crippen LogP contribution is 2.35. The molecule has 0 unspecified atom stereocenters. The minimum atomic E-state index is -0.564. The second-order valence-electron chi connectivity index (χ2n) is 6.70. The monoisotopic (exact) mass is 564 g/mol. The summed E-state index contributed by atoms with van der Waals surface area (Å²) in [5, 5.41) is 13.5. The summed E-state index contributed by atoms with van der Waals surface area (Å²) in [5.74, 6) is 0.331. The summed E-state index contributed by atoms with van der Waals surface area (Å²) in [6, 6.07) is 17.2. The van der Waals surface area contributed by atoms with Crippen LogP contribution in [-0.4, -0.2) is 13.0 Å². The average Bonchev–Trinajstić information content (AvgIpc) is 2.79. The molecular formula is C24H16BrCl3N2O3. The predicted octanol–water partition coefficient (Wildman–Crippen LogP) is 7.54. The molecule has 0 atom stereocenters. The minimum absolute atomic E-state index is 0.0952. The van der Waals surface area contributed by atoms with E-state index in [4.69, 9.17) is 44.3 Å². The first-order chi connectivity index (χ1) is 15.8. The molecule has 168 valence electrons. The van der Waals surface area contributed by atoms with Crippen molar-refractivity contribution in [2.45, 2.75) is 6.61 Å². The standard InChI is InChI=1S/C24H16BrCl3N2O3/c1-32-22-9-15(8-16(12-29)24(31)30-18-4-2-3-17(26)10-18)19(25)11-23(22)33-13-14-5-6-20(27)21(28)7-14/h2-11H,13H2,1H3,(H,30,31)/b16-8+. The van der Waals surface area contributed by atoms with Crippen molar-refractivity contribution in [1.29, 1.82) is 5.26 Å². The Morgan fingerprint density at radius 1 is 1.09 bits per heavy atom. The van der Waals surface area contributed by atoms with E-state index in [-0.39, 0.29) is 12.2 Å². The highest BCUT2D eigenvalue weighted by atomic mass is 79.9. The van der Waals surface area contributed by atoms with Gasteiger partial charge in [0.05, 0.1) is 17.2 Å². The number of carbonyl (C=O) groups excluding carboxylic acids is 1. The number of halogens is 4. The maximum Gasteiger partial charge on any atom is 0.266 e. The third kappa shape index (κ3) is 6.66. The molecule has 0 saturated carbocycles. The number of anilines is 1. The molecule has 1 amide bonds. The second kappa shape index (κ2) is 11.4. The Morgan fingerprint density at radius 2 is 1.88 bits per heavy atom. The number of amides is 1. The molecule has 0 aliphatic carbocycles. The van der Waals surface area contributed by atoms with Crippen LogP contribution in [0.3, 0.4) is 0 Å². The number of methoxy groups -OCH3 is 1. The van der Waals surface area contributed by atoms with Crippen LogP contribution in [0.25, 0.3) is 6.08 Å².